The molecule has 0 N–H and O–H groups in total. The minimum absolute atomic E-state index is 0.0889. The summed E-state index contributed by atoms with van der Waals surface area (Å²) in [6.45, 7) is 0. The summed E-state index contributed by atoms with van der Waals surface area (Å²) >= 11 is 9.59. The first-order valence-corrected chi connectivity index (χ1v) is 11.8. The number of carbonyl (C=O) groups is 1. The number of benzene rings is 4. The molecule has 2 aliphatic rings. The van der Waals surface area contributed by atoms with E-state index >= 15 is 0 Å². The van der Waals surface area contributed by atoms with Crippen molar-refractivity contribution in [1.82, 2.24) is 5.01 Å². The lowest BCUT2D eigenvalue weighted by Crippen LogP contribution is -2.45. The van der Waals surface area contributed by atoms with Crippen LogP contribution < -0.4 is 4.74 Å². The van der Waals surface area contributed by atoms with Gasteiger partial charge in [0.05, 0.1) is 11.8 Å². The van der Waals surface area contributed by atoms with Gasteiger partial charge in [0.2, 0.25) is 5.78 Å². The van der Waals surface area contributed by atoms with Gasteiger partial charge < -0.3 is 4.74 Å². The molecule has 0 bridgehead atoms. The normalized spacial score (nSPS) is 19.0. The lowest BCUT2D eigenvalue weighted by atomic mass is 9.95. The van der Waals surface area contributed by atoms with Crippen LogP contribution >= 0.6 is 27.5 Å². The van der Waals surface area contributed by atoms with Crippen molar-refractivity contribution in [1.29, 1.82) is 0 Å². The number of halogens is 2. The van der Waals surface area contributed by atoms with Gasteiger partial charge in [0.25, 0.3) is 6.23 Å². The van der Waals surface area contributed by atoms with Gasteiger partial charge in [-0.1, -0.05) is 63.9 Å². The van der Waals surface area contributed by atoms with Crippen molar-refractivity contribution in [2.24, 2.45) is 5.10 Å². The van der Waals surface area contributed by atoms with Crippen molar-refractivity contribution in [3.63, 3.8) is 0 Å². The molecule has 2 heterocycles. The van der Waals surface area contributed by atoms with Crippen molar-refractivity contribution in [3.8, 4) is 5.75 Å². The second kappa shape index (κ2) is 8.01. The minimum atomic E-state index is -0.845. The molecule has 4 nitrogen and oxygen atoms in total. The van der Waals surface area contributed by atoms with E-state index in [1.54, 1.807) is 24.3 Å². The van der Waals surface area contributed by atoms with E-state index in [9.17, 15) is 4.79 Å². The van der Waals surface area contributed by atoms with Crippen molar-refractivity contribution in [2.45, 2.75) is 18.7 Å². The Morgan fingerprint density at radius 2 is 1.76 bits per heavy atom. The average molecular weight is 518 g/mol. The number of hydrogen-bond acceptors (Lipinski definition) is 4. The molecule has 0 amide bonds. The number of ether oxygens (including phenoxy) is 1. The first-order valence-electron chi connectivity index (χ1n) is 10.7. The van der Waals surface area contributed by atoms with E-state index in [-0.39, 0.29) is 11.8 Å². The number of hydrogen-bond donors (Lipinski definition) is 0. The first-order chi connectivity index (χ1) is 16.1. The number of Topliss-reactive ketones (excluding diaryl/α,β-unsaturated/α-hetero) is 1. The Labute approximate surface area is 204 Å². The summed E-state index contributed by atoms with van der Waals surface area (Å²) < 4.78 is 7.18. The Hall–Kier alpha value is -3.15. The van der Waals surface area contributed by atoms with Crippen molar-refractivity contribution in [3.05, 3.63) is 111 Å². The van der Waals surface area contributed by atoms with Crippen LogP contribution in [0.2, 0.25) is 5.02 Å². The Bertz CT molecular complexity index is 1430. The lowest BCUT2D eigenvalue weighted by Gasteiger charge is -2.37. The zero-order chi connectivity index (χ0) is 22.5. The average Bonchev–Trinajstić information content (AvgIpc) is 3.29. The van der Waals surface area contributed by atoms with Gasteiger partial charge in [0.15, 0.2) is 0 Å². The van der Waals surface area contributed by atoms with Crippen LogP contribution in [0, 0.1) is 0 Å². The molecule has 6 rings (SSSR count). The van der Waals surface area contributed by atoms with E-state index < -0.39 is 6.23 Å². The number of nitrogens with zero attached hydrogens (tertiary/aromatic N) is 2. The predicted molar refractivity (Wildman–Crippen MR) is 134 cm³/mol. The zero-order valence-corrected chi connectivity index (χ0v) is 19.8. The van der Waals surface area contributed by atoms with E-state index in [1.807, 2.05) is 29.3 Å². The van der Waals surface area contributed by atoms with Gasteiger partial charge in [-0.15, -0.1) is 0 Å². The summed E-state index contributed by atoms with van der Waals surface area (Å²) in [7, 11) is 0. The molecule has 0 radical (unpaired) electrons. The second-order valence-electron chi connectivity index (χ2n) is 8.23. The van der Waals surface area contributed by atoms with Crippen LogP contribution in [-0.4, -0.2) is 22.7 Å². The number of rotatable bonds is 3. The van der Waals surface area contributed by atoms with Gasteiger partial charge in [-0.25, -0.2) is 5.01 Å². The maximum absolute atomic E-state index is 13.5. The molecule has 4 aromatic carbocycles. The van der Waals surface area contributed by atoms with Crippen LogP contribution in [0.15, 0.2) is 94.5 Å². The van der Waals surface area contributed by atoms with Crippen LogP contribution in [0.3, 0.4) is 0 Å². The van der Waals surface area contributed by atoms with Crippen LogP contribution in [-0.2, 0) is 0 Å². The van der Waals surface area contributed by atoms with Gasteiger partial charge in [0.1, 0.15) is 5.75 Å². The Morgan fingerprint density at radius 3 is 2.58 bits per heavy atom. The van der Waals surface area contributed by atoms with Crippen LogP contribution in [0.4, 0.5) is 0 Å². The van der Waals surface area contributed by atoms with Crippen molar-refractivity contribution >= 4 is 49.8 Å². The summed E-state index contributed by atoms with van der Waals surface area (Å²) in [4.78, 5) is 13.5. The fourth-order valence-corrected chi connectivity index (χ4v) is 5.04. The highest BCUT2D eigenvalue weighted by Crippen LogP contribution is 2.44. The second-order valence-corrected chi connectivity index (χ2v) is 9.58. The number of hydrazone groups is 1. The molecule has 162 valence electrons. The fourth-order valence-electron chi connectivity index (χ4n) is 4.53. The summed E-state index contributed by atoms with van der Waals surface area (Å²) in [6, 6.07) is 27.3. The highest BCUT2D eigenvalue weighted by molar-refractivity contribution is 9.10. The largest absolute Gasteiger partial charge is 0.461 e. The van der Waals surface area contributed by atoms with Gasteiger partial charge in [-0.2, -0.15) is 5.10 Å². The SMILES string of the molecule is O=C(c1ccc(Cl)cc1)[C@@H]1Oc2ccc(Br)cc2[C@@H]2CC(c3ccc4ccccc4c3)=NN12. The summed E-state index contributed by atoms with van der Waals surface area (Å²) in [6.07, 6.45) is -0.155. The summed E-state index contributed by atoms with van der Waals surface area (Å²) in [5, 5.41) is 9.67. The third-order valence-electron chi connectivity index (χ3n) is 6.19. The maximum Gasteiger partial charge on any atom is 0.251 e. The molecule has 0 aliphatic carbocycles. The van der Waals surface area contributed by atoms with E-state index in [4.69, 9.17) is 21.4 Å². The van der Waals surface area contributed by atoms with E-state index in [2.05, 4.69) is 52.3 Å². The predicted octanol–water partition coefficient (Wildman–Crippen LogP) is 7.01. The lowest BCUT2D eigenvalue weighted by molar-refractivity contribution is -0.00459. The Morgan fingerprint density at radius 1 is 0.970 bits per heavy atom. The molecule has 0 fully saturated rings. The fraction of sp³-hybridized carbons (Fsp3) is 0.111. The number of carbonyl (C=O) groups excluding carboxylic acids is 1. The van der Waals surface area contributed by atoms with E-state index in [0.29, 0.717) is 22.8 Å². The molecule has 0 saturated carbocycles. The topological polar surface area (TPSA) is 41.9 Å². The van der Waals surface area contributed by atoms with Crippen molar-refractivity contribution < 1.29 is 9.53 Å². The molecule has 0 saturated heterocycles. The molecule has 0 aromatic heterocycles. The van der Waals surface area contributed by atoms with Crippen molar-refractivity contribution in [2.75, 3.05) is 0 Å². The standard InChI is InChI=1S/C27H18BrClN2O2/c28-20-9-12-25-22(14-20)24-15-23(19-6-5-16-3-1-2-4-18(16)13-19)30-31(24)27(33-25)26(32)17-7-10-21(29)11-8-17/h1-14,24,27H,15H2/t24-,27-/m0/s1. The van der Waals surface area contributed by atoms with Crippen LogP contribution in [0.5, 0.6) is 5.75 Å². The first kappa shape index (κ1) is 20.5. The molecule has 6 heteroatoms. The minimum Gasteiger partial charge on any atom is -0.461 e. The third-order valence-corrected chi connectivity index (χ3v) is 6.93. The molecule has 2 atom stereocenters. The molecule has 33 heavy (non-hydrogen) atoms. The van der Waals surface area contributed by atoms with Gasteiger partial charge >= 0.3 is 0 Å². The van der Waals surface area contributed by atoms with Gasteiger partial charge in [0, 0.05) is 27.0 Å². The number of fused-ring (bicyclic) bond motifs is 4. The molecule has 4 aromatic rings. The molecule has 2 aliphatic heterocycles. The Kier molecular flexibility index (Phi) is 4.97. The summed E-state index contributed by atoms with van der Waals surface area (Å²) in [5.41, 5.74) is 3.55. The van der Waals surface area contributed by atoms with E-state index in [1.165, 1.54) is 5.39 Å². The van der Waals surface area contributed by atoms with Gasteiger partial charge in [-0.3, -0.25) is 4.79 Å². The maximum atomic E-state index is 13.5. The smallest absolute Gasteiger partial charge is 0.251 e. The molecule has 0 spiro atoms. The highest BCUT2D eigenvalue weighted by atomic mass is 79.9. The zero-order valence-electron chi connectivity index (χ0n) is 17.4. The van der Waals surface area contributed by atoms with Crippen LogP contribution in [0.1, 0.15) is 33.9 Å². The number of ketones is 1. The summed E-state index contributed by atoms with van der Waals surface area (Å²) in [5.74, 6) is 0.565. The third kappa shape index (κ3) is 3.62. The monoisotopic (exact) mass is 516 g/mol. The van der Waals surface area contributed by atoms with E-state index in [0.717, 1.165) is 26.7 Å². The molecule has 0 unspecified atom stereocenters. The molecular formula is C27H18BrClN2O2. The Balaban J connectivity index is 1.43. The quantitative estimate of drug-likeness (QED) is 0.275. The van der Waals surface area contributed by atoms with Crippen LogP contribution in [0.25, 0.3) is 10.8 Å². The highest BCUT2D eigenvalue weighted by Gasteiger charge is 2.43. The molecular weight excluding hydrogens is 500 g/mol. The van der Waals surface area contributed by atoms with Gasteiger partial charge in [-0.05, 0) is 64.9 Å².